The molecule has 0 amide bonds. The summed E-state index contributed by atoms with van der Waals surface area (Å²) in [4.78, 5) is 15.3. The summed E-state index contributed by atoms with van der Waals surface area (Å²) in [5.41, 5.74) is 4.08. The van der Waals surface area contributed by atoms with E-state index in [-0.39, 0.29) is 18.0 Å². The topological polar surface area (TPSA) is 54.1 Å². The van der Waals surface area contributed by atoms with E-state index in [0.717, 1.165) is 37.9 Å². The number of hydrogen-bond acceptors (Lipinski definition) is 4. The Kier molecular flexibility index (Phi) is 5.56. The molecule has 2 aromatic heterocycles. The third-order valence-corrected chi connectivity index (χ3v) is 5.82. The number of pyridine rings is 1. The predicted molar refractivity (Wildman–Crippen MR) is 117 cm³/mol. The van der Waals surface area contributed by atoms with E-state index in [0.29, 0.717) is 6.04 Å². The van der Waals surface area contributed by atoms with Gasteiger partial charge in [0, 0.05) is 27.9 Å². The Bertz CT molecular complexity index is 1150. The van der Waals surface area contributed by atoms with Gasteiger partial charge in [0.1, 0.15) is 10.4 Å². The van der Waals surface area contributed by atoms with Crippen molar-refractivity contribution >= 4 is 44.7 Å². The molecule has 6 heteroatoms. The molecular formula is C21H21ClN2O2S. The lowest BCUT2D eigenvalue weighted by Crippen LogP contribution is -2.11. The smallest absolute Gasteiger partial charge is 0.266 e. The zero-order valence-corrected chi connectivity index (χ0v) is 17.0. The number of methoxy groups -OCH3 is 1. The van der Waals surface area contributed by atoms with Crippen LogP contribution >= 0.6 is 23.7 Å². The number of hydrogen-bond donors (Lipinski definition) is 2. The van der Waals surface area contributed by atoms with Crippen LogP contribution in [0.25, 0.3) is 32.1 Å². The molecule has 0 radical (unpaired) electrons. The molecule has 0 spiro atoms. The summed E-state index contributed by atoms with van der Waals surface area (Å²) in [5.74, 6) is 0.798. The van der Waals surface area contributed by atoms with Gasteiger partial charge < -0.3 is 15.0 Å². The first-order valence-electron chi connectivity index (χ1n) is 8.52. The molecule has 2 aromatic carbocycles. The van der Waals surface area contributed by atoms with Crippen molar-refractivity contribution in [1.29, 1.82) is 0 Å². The van der Waals surface area contributed by atoms with Crippen molar-refractivity contribution in [2.45, 2.75) is 13.0 Å². The van der Waals surface area contributed by atoms with Crippen molar-refractivity contribution in [3.05, 3.63) is 63.8 Å². The van der Waals surface area contributed by atoms with E-state index in [1.54, 1.807) is 7.11 Å². The SMILES string of the molecule is CN[C@@H](C)c1ccc(-c2c(OC)ccc3[nH]c(=O)c4sccc4c23)cc1.Cl. The fourth-order valence-electron chi connectivity index (χ4n) is 3.39. The minimum Gasteiger partial charge on any atom is -0.496 e. The number of rotatable bonds is 4. The summed E-state index contributed by atoms with van der Waals surface area (Å²) in [6.45, 7) is 2.13. The van der Waals surface area contributed by atoms with Gasteiger partial charge in [-0.25, -0.2) is 0 Å². The fraction of sp³-hybridized carbons (Fsp3) is 0.190. The molecule has 0 bridgehead atoms. The van der Waals surface area contributed by atoms with Gasteiger partial charge in [-0.3, -0.25) is 4.79 Å². The van der Waals surface area contributed by atoms with Gasteiger partial charge >= 0.3 is 0 Å². The molecule has 0 saturated carbocycles. The minimum absolute atomic E-state index is 0. The van der Waals surface area contributed by atoms with Crippen molar-refractivity contribution in [2.75, 3.05) is 14.2 Å². The maximum Gasteiger partial charge on any atom is 0.266 e. The lowest BCUT2D eigenvalue weighted by molar-refractivity contribution is 0.417. The number of halogens is 1. The Morgan fingerprint density at radius 3 is 2.52 bits per heavy atom. The molecule has 0 aliphatic rings. The highest BCUT2D eigenvalue weighted by atomic mass is 35.5. The first-order valence-corrected chi connectivity index (χ1v) is 9.39. The second-order valence-electron chi connectivity index (χ2n) is 6.32. The fourth-order valence-corrected chi connectivity index (χ4v) is 4.19. The average molecular weight is 401 g/mol. The maximum atomic E-state index is 12.3. The van der Waals surface area contributed by atoms with Crippen LogP contribution in [0, 0.1) is 0 Å². The second kappa shape index (κ2) is 7.72. The largest absolute Gasteiger partial charge is 0.496 e. The van der Waals surface area contributed by atoms with E-state index in [9.17, 15) is 4.79 Å². The molecule has 2 heterocycles. The second-order valence-corrected chi connectivity index (χ2v) is 7.23. The zero-order valence-electron chi connectivity index (χ0n) is 15.3. The van der Waals surface area contributed by atoms with Gasteiger partial charge in [0.05, 0.1) is 7.11 Å². The average Bonchev–Trinajstić information content (AvgIpc) is 3.17. The molecule has 0 aliphatic heterocycles. The van der Waals surface area contributed by atoms with Crippen LogP contribution in [0.15, 0.2) is 52.6 Å². The number of aromatic nitrogens is 1. The summed E-state index contributed by atoms with van der Waals surface area (Å²) >= 11 is 1.46. The summed E-state index contributed by atoms with van der Waals surface area (Å²) < 4.78 is 6.40. The van der Waals surface area contributed by atoms with Gasteiger partial charge in [-0.2, -0.15) is 0 Å². The van der Waals surface area contributed by atoms with Gasteiger partial charge in [0.15, 0.2) is 0 Å². The maximum absolute atomic E-state index is 12.3. The molecule has 0 saturated heterocycles. The first kappa shape index (κ1) is 19.4. The quantitative estimate of drug-likeness (QED) is 0.499. The van der Waals surface area contributed by atoms with Crippen LogP contribution in [0.1, 0.15) is 18.5 Å². The number of fused-ring (bicyclic) bond motifs is 3. The zero-order chi connectivity index (χ0) is 18.3. The van der Waals surface area contributed by atoms with E-state index in [1.165, 1.54) is 16.9 Å². The summed E-state index contributed by atoms with van der Waals surface area (Å²) in [6, 6.07) is 14.6. The Morgan fingerprint density at radius 1 is 1.11 bits per heavy atom. The van der Waals surface area contributed by atoms with Crippen molar-refractivity contribution < 1.29 is 4.74 Å². The number of benzene rings is 2. The molecule has 2 N–H and O–H groups in total. The monoisotopic (exact) mass is 400 g/mol. The summed E-state index contributed by atoms with van der Waals surface area (Å²) in [5, 5.41) is 7.21. The normalized spacial score (nSPS) is 12.1. The molecule has 4 nitrogen and oxygen atoms in total. The molecule has 0 unspecified atom stereocenters. The highest BCUT2D eigenvalue weighted by Gasteiger charge is 2.16. The summed E-state index contributed by atoms with van der Waals surface area (Å²) in [7, 11) is 3.63. The van der Waals surface area contributed by atoms with E-state index in [2.05, 4.69) is 41.5 Å². The number of H-pyrrole nitrogens is 1. The van der Waals surface area contributed by atoms with Gasteiger partial charge in [0.2, 0.25) is 0 Å². The number of ether oxygens (including phenoxy) is 1. The van der Waals surface area contributed by atoms with Gasteiger partial charge in [-0.05, 0) is 48.7 Å². The molecule has 4 aromatic rings. The Morgan fingerprint density at radius 2 is 1.85 bits per heavy atom. The van der Waals surface area contributed by atoms with E-state index in [4.69, 9.17) is 4.74 Å². The van der Waals surface area contributed by atoms with Crippen LogP contribution in [0.5, 0.6) is 5.75 Å². The molecule has 4 rings (SSSR count). The highest BCUT2D eigenvalue weighted by molar-refractivity contribution is 7.17. The molecule has 0 aliphatic carbocycles. The van der Waals surface area contributed by atoms with Gasteiger partial charge in [0.25, 0.3) is 5.56 Å². The first-order chi connectivity index (χ1) is 12.6. The molecule has 140 valence electrons. The lowest BCUT2D eigenvalue weighted by atomic mass is 9.95. The Hall–Kier alpha value is -2.34. The standard InChI is InChI=1S/C21H20N2O2S.ClH/c1-12(22-2)13-4-6-14(7-5-13)18-17(25-3)9-8-16-19(18)15-10-11-26-20(15)21(24)23-16;/h4-12,22H,1-3H3,(H,23,24);1H/t12-;/m0./s1. The van der Waals surface area contributed by atoms with Crippen LogP contribution in [-0.4, -0.2) is 19.1 Å². The predicted octanol–water partition coefficient (Wildman–Crippen LogP) is 5.12. The summed E-state index contributed by atoms with van der Waals surface area (Å²) in [6.07, 6.45) is 0. The minimum atomic E-state index is -0.0446. The van der Waals surface area contributed by atoms with Gasteiger partial charge in [-0.15, -0.1) is 23.7 Å². The number of aromatic amines is 1. The van der Waals surface area contributed by atoms with Crippen LogP contribution < -0.4 is 15.6 Å². The van der Waals surface area contributed by atoms with Crippen molar-refractivity contribution in [3.8, 4) is 16.9 Å². The molecule has 0 fully saturated rings. The molecular weight excluding hydrogens is 380 g/mol. The lowest BCUT2D eigenvalue weighted by Gasteiger charge is -2.15. The van der Waals surface area contributed by atoms with Crippen LogP contribution in [0.3, 0.4) is 0 Å². The number of nitrogens with one attached hydrogen (secondary N) is 2. The Labute approximate surface area is 167 Å². The Balaban J connectivity index is 0.00000210. The van der Waals surface area contributed by atoms with Crippen molar-refractivity contribution in [1.82, 2.24) is 10.3 Å². The van der Waals surface area contributed by atoms with Crippen LogP contribution in [-0.2, 0) is 0 Å². The van der Waals surface area contributed by atoms with Gasteiger partial charge in [-0.1, -0.05) is 24.3 Å². The van der Waals surface area contributed by atoms with E-state index < -0.39 is 0 Å². The third-order valence-electron chi connectivity index (χ3n) is 4.91. The van der Waals surface area contributed by atoms with Crippen LogP contribution in [0.4, 0.5) is 0 Å². The molecule has 27 heavy (non-hydrogen) atoms. The molecule has 1 atom stereocenters. The third kappa shape index (κ3) is 3.23. The van der Waals surface area contributed by atoms with Crippen molar-refractivity contribution in [2.24, 2.45) is 0 Å². The highest BCUT2D eigenvalue weighted by Crippen LogP contribution is 2.40. The van der Waals surface area contributed by atoms with E-state index >= 15 is 0 Å². The van der Waals surface area contributed by atoms with E-state index in [1.807, 2.05) is 30.6 Å². The number of thiophene rings is 1. The van der Waals surface area contributed by atoms with Crippen molar-refractivity contribution in [3.63, 3.8) is 0 Å². The van der Waals surface area contributed by atoms with Crippen LogP contribution in [0.2, 0.25) is 0 Å².